The summed E-state index contributed by atoms with van der Waals surface area (Å²) in [5, 5.41) is 8.67. The van der Waals surface area contributed by atoms with Gasteiger partial charge in [0.05, 0.1) is 6.61 Å². The molecule has 0 aromatic carbocycles. The summed E-state index contributed by atoms with van der Waals surface area (Å²) in [5.41, 5.74) is 0. The average Bonchev–Trinajstić information content (AvgIpc) is 2.64. The quantitative estimate of drug-likeness (QED) is 0.147. The van der Waals surface area contributed by atoms with Crippen LogP contribution in [0.2, 0.25) is 0 Å². The van der Waals surface area contributed by atoms with Gasteiger partial charge in [-0.15, -0.1) is 0 Å². The van der Waals surface area contributed by atoms with Crippen molar-refractivity contribution in [1.82, 2.24) is 0 Å². The molecule has 3 heteroatoms. The zero-order valence-corrected chi connectivity index (χ0v) is 17.4. The second-order valence-corrected chi connectivity index (χ2v) is 7.34. The van der Waals surface area contributed by atoms with E-state index in [9.17, 15) is 4.79 Å². The molecule has 0 amide bonds. The largest absolute Gasteiger partial charge is 0.466 e. The summed E-state index contributed by atoms with van der Waals surface area (Å²) in [6.07, 6.45) is 24.4. The van der Waals surface area contributed by atoms with Crippen molar-refractivity contribution in [2.45, 2.75) is 116 Å². The number of carbonyl (C=O) groups excluding carboxylic acids is 1. The van der Waals surface area contributed by atoms with Crippen LogP contribution in [0.3, 0.4) is 0 Å². The minimum absolute atomic E-state index is 0.0633. The summed E-state index contributed by atoms with van der Waals surface area (Å²) in [6.45, 7) is 2.99. The second kappa shape index (κ2) is 22.2. The van der Waals surface area contributed by atoms with Gasteiger partial charge in [-0.2, -0.15) is 0 Å². The Morgan fingerprint density at radius 3 is 1.88 bits per heavy atom. The molecule has 0 unspecified atom stereocenters. The van der Waals surface area contributed by atoms with Crippen molar-refractivity contribution < 1.29 is 14.6 Å². The van der Waals surface area contributed by atoms with Crippen LogP contribution < -0.4 is 0 Å². The van der Waals surface area contributed by atoms with E-state index in [4.69, 9.17) is 9.84 Å². The lowest BCUT2D eigenvalue weighted by Crippen LogP contribution is -2.05. The van der Waals surface area contributed by atoms with E-state index in [2.05, 4.69) is 19.1 Å². The molecule has 0 spiro atoms. The molecule has 0 bridgehead atoms. The van der Waals surface area contributed by atoms with E-state index in [-0.39, 0.29) is 12.6 Å². The fourth-order valence-corrected chi connectivity index (χ4v) is 2.99. The van der Waals surface area contributed by atoms with E-state index >= 15 is 0 Å². The number of unbranched alkanes of at least 4 members (excludes halogenated alkanes) is 13. The Labute approximate surface area is 162 Å². The van der Waals surface area contributed by atoms with Gasteiger partial charge in [0, 0.05) is 13.0 Å². The standard InChI is InChI=1S/C23H44O3/c1-2-3-4-5-6-7-8-9-10-11-12-13-14-15-17-20-23(25)26-22-19-16-18-21-24/h9-10,24H,2-8,11-22H2,1H3. The fraction of sp³-hybridized carbons (Fsp3) is 0.870. The van der Waals surface area contributed by atoms with Crippen LogP contribution in [-0.2, 0) is 9.53 Å². The number of aliphatic hydroxyl groups is 1. The maximum atomic E-state index is 11.5. The van der Waals surface area contributed by atoms with Crippen molar-refractivity contribution in [3.8, 4) is 0 Å². The van der Waals surface area contributed by atoms with Gasteiger partial charge in [0.25, 0.3) is 0 Å². The van der Waals surface area contributed by atoms with E-state index in [1.54, 1.807) is 0 Å². The van der Waals surface area contributed by atoms with E-state index in [0.717, 1.165) is 32.1 Å². The molecule has 0 aromatic rings. The summed E-state index contributed by atoms with van der Waals surface area (Å²) in [7, 11) is 0. The molecule has 0 heterocycles. The highest BCUT2D eigenvalue weighted by molar-refractivity contribution is 5.69. The minimum Gasteiger partial charge on any atom is -0.466 e. The van der Waals surface area contributed by atoms with E-state index in [1.807, 2.05) is 0 Å². The van der Waals surface area contributed by atoms with Crippen molar-refractivity contribution in [3.63, 3.8) is 0 Å². The van der Waals surface area contributed by atoms with Crippen LogP contribution in [0.25, 0.3) is 0 Å². The number of hydrogen-bond acceptors (Lipinski definition) is 3. The molecule has 0 saturated carbocycles. The van der Waals surface area contributed by atoms with Gasteiger partial charge in [0.2, 0.25) is 0 Å². The van der Waals surface area contributed by atoms with E-state index in [0.29, 0.717) is 13.0 Å². The molecule has 0 aliphatic carbocycles. The van der Waals surface area contributed by atoms with E-state index in [1.165, 1.54) is 70.6 Å². The molecular weight excluding hydrogens is 324 g/mol. The summed E-state index contributed by atoms with van der Waals surface area (Å²) in [6, 6.07) is 0. The molecule has 0 aromatic heterocycles. The molecule has 0 radical (unpaired) electrons. The minimum atomic E-state index is -0.0633. The monoisotopic (exact) mass is 368 g/mol. The van der Waals surface area contributed by atoms with Crippen LogP contribution in [0.1, 0.15) is 116 Å². The first kappa shape index (κ1) is 25.2. The molecule has 1 N–H and O–H groups in total. The van der Waals surface area contributed by atoms with Gasteiger partial charge in [-0.3, -0.25) is 4.79 Å². The van der Waals surface area contributed by atoms with Gasteiger partial charge in [-0.25, -0.2) is 0 Å². The third-order valence-corrected chi connectivity index (χ3v) is 4.71. The summed E-state index contributed by atoms with van der Waals surface area (Å²) >= 11 is 0. The zero-order valence-electron chi connectivity index (χ0n) is 17.4. The zero-order chi connectivity index (χ0) is 19.1. The molecule has 0 fully saturated rings. The summed E-state index contributed by atoms with van der Waals surface area (Å²) < 4.78 is 5.18. The SMILES string of the molecule is CCCCCCCCC=CCCCCCCCC(=O)OCCCCCO. The number of allylic oxidation sites excluding steroid dienone is 2. The first-order valence-electron chi connectivity index (χ1n) is 11.2. The molecule has 26 heavy (non-hydrogen) atoms. The second-order valence-electron chi connectivity index (χ2n) is 7.34. The van der Waals surface area contributed by atoms with Crippen LogP contribution in [0, 0.1) is 0 Å². The molecule has 3 nitrogen and oxygen atoms in total. The third-order valence-electron chi connectivity index (χ3n) is 4.71. The maximum absolute atomic E-state index is 11.5. The summed E-state index contributed by atoms with van der Waals surface area (Å²) in [4.78, 5) is 11.5. The predicted molar refractivity (Wildman–Crippen MR) is 111 cm³/mol. The van der Waals surface area contributed by atoms with Gasteiger partial charge in [-0.1, -0.05) is 70.4 Å². The van der Waals surface area contributed by atoms with Crippen molar-refractivity contribution in [3.05, 3.63) is 12.2 Å². The van der Waals surface area contributed by atoms with Crippen LogP contribution >= 0.6 is 0 Å². The highest BCUT2D eigenvalue weighted by Crippen LogP contribution is 2.10. The van der Waals surface area contributed by atoms with Crippen LogP contribution in [0.4, 0.5) is 0 Å². The Morgan fingerprint density at radius 2 is 1.27 bits per heavy atom. The Hall–Kier alpha value is -0.830. The van der Waals surface area contributed by atoms with E-state index < -0.39 is 0 Å². The van der Waals surface area contributed by atoms with Gasteiger partial charge in [0.1, 0.15) is 0 Å². The highest BCUT2D eigenvalue weighted by Gasteiger charge is 2.02. The molecule has 154 valence electrons. The normalized spacial score (nSPS) is 11.3. The molecular formula is C23H44O3. The Kier molecular flexibility index (Phi) is 21.5. The van der Waals surface area contributed by atoms with Crippen LogP contribution in [-0.4, -0.2) is 24.3 Å². The highest BCUT2D eigenvalue weighted by atomic mass is 16.5. The van der Waals surface area contributed by atoms with Gasteiger partial charge in [-0.05, 0) is 51.4 Å². The van der Waals surface area contributed by atoms with Gasteiger partial charge < -0.3 is 9.84 Å². The van der Waals surface area contributed by atoms with Crippen molar-refractivity contribution in [2.75, 3.05) is 13.2 Å². The van der Waals surface area contributed by atoms with Crippen molar-refractivity contribution in [1.29, 1.82) is 0 Å². The maximum Gasteiger partial charge on any atom is 0.305 e. The fourth-order valence-electron chi connectivity index (χ4n) is 2.99. The number of esters is 1. The van der Waals surface area contributed by atoms with Crippen LogP contribution in [0.5, 0.6) is 0 Å². The molecule has 0 aliphatic heterocycles. The molecule has 0 saturated heterocycles. The van der Waals surface area contributed by atoms with Gasteiger partial charge >= 0.3 is 5.97 Å². The molecule has 0 aliphatic rings. The molecule has 0 atom stereocenters. The first-order chi connectivity index (χ1) is 12.8. The molecule has 0 rings (SSSR count). The topological polar surface area (TPSA) is 46.5 Å². The number of aliphatic hydroxyl groups excluding tert-OH is 1. The van der Waals surface area contributed by atoms with Crippen LogP contribution in [0.15, 0.2) is 12.2 Å². The number of rotatable bonds is 20. The lowest BCUT2D eigenvalue weighted by atomic mass is 10.1. The third kappa shape index (κ3) is 21.2. The first-order valence-corrected chi connectivity index (χ1v) is 11.2. The number of ether oxygens (including phenoxy) is 1. The predicted octanol–water partition coefficient (Wildman–Crippen LogP) is 6.73. The number of hydrogen-bond donors (Lipinski definition) is 1. The van der Waals surface area contributed by atoms with Crippen molar-refractivity contribution in [2.24, 2.45) is 0 Å². The summed E-state index contributed by atoms with van der Waals surface area (Å²) in [5.74, 6) is -0.0633. The number of carbonyl (C=O) groups is 1. The van der Waals surface area contributed by atoms with Gasteiger partial charge in [0.15, 0.2) is 0 Å². The average molecular weight is 369 g/mol. The Morgan fingerprint density at radius 1 is 0.731 bits per heavy atom. The Balaban J connectivity index is 3.18. The smallest absolute Gasteiger partial charge is 0.305 e. The lowest BCUT2D eigenvalue weighted by molar-refractivity contribution is -0.143. The van der Waals surface area contributed by atoms with Crippen molar-refractivity contribution >= 4 is 5.97 Å². The lowest BCUT2D eigenvalue weighted by Gasteiger charge is -2.04. The Bertz CT molecular complexity index is 313.